The van der Waals surface area contributed by atoms with Crippen LogP contribution in [0.5, 0.6) is 5.75 Å². The van der Waals surface area contributed by atoms with Gasteiger partial charge in [0.25, 0.3) is 5.91 Å². The summed E-state index contributed by atoms with van der Waals surface area (Å²) < 4.78 is 19.2. The molecule has 4 aromatic rings. The lowest BCUT2D eigenvalue weighted by Crippen LogP contribution is -2.35. The van der Waals surface area contributed by atoms with Crippen LogP contribution in [0.3, 0.4) is 0 Å². The summed E-state index contributed by atoms with van der Waals surface area (Å²) in [4.78, 5) is 15.2. The van der Waals surface area contributed by atoms with Gasteiger partial charge in [-0.25, -0.2) is 0 Å². The van der Waals surface area contributed by atoms with Gasteiger partial charge < -0.3 is 15.0 Å². The van der Waals surface area contributed by atoms with Gasteiger partial charge in [0.05, 0.1) is 24.1 Å². The molecule has 4 rings (SSSR count). The highest BCUT2D eigenvalue weighted by Gasteiger charge is 2.18. The number of H-pyrrole nitrogens is 1. The monoisotopic (exact) mass is 432 g/mol. The van der Waals surface area contributed by atoms with Crippen LogP contribution in [-0.4, -0.2) is 48.8 Å². The van der Waals surface area contributed by atoms with E-state index in [9.17, 15) is 9.18 Å². The summed E-state index contributed by atoms with van der Waals surface area (Å²) in [5.41, 5.74) is 3.76. The number of nitrogens with one attached hydrogen (secondary N) is 2. The molecule has 1 aromatic heterocycles. The van der Waals surface area contributed by atoms with Crippen molar-refractivity contribution in [1.82, 2.24) is 20.4 Å². The van der Waals surface area contributed by atoms with Gasteiger partial charge >= 0.3 is 0 Å². The Labute approximate surface area is 186 Å². The number of aromatic nitrogens is 2. The van der Waals surface area contributed by atoms with Gasteiger partial charge in [-0.15, -0.1) is 5.10 Å². The summed E-state index contributed by atoms with van der Waals surface area (Å²) in [5.74, 6) is 0.0158. The Morgan fingerprint density at radius 3 is 2.66 bits per heavy atom. The van der Waals surface area contributed by atoms with Crippen LogP contribution in [0.1, 0.15) is 22.0 Å². The third kappa shape index (κ3) is 4.63. The Balaban J connectivity index is 1.60. The molecule has 0 aliphatic rings. The molecule has 1 atom stereocenters. The van der Waals surface area contributed by atoms with E-state index in [1.807, 2.05) is 67.5 Å². The summed E-state index contributed by atoms with van der Waals surface area (Å²) in [7, 11) is 5.55. The van der Waals surface area contributed by atoms with Crippen molar-refractivity contribution in [1.29, 1.82) is 0 Å². The van der Waals surface area contributed by atoms with Crippen molar-refractivity contribution >= 4 is 16.8 Å². The van der Waals surface area contributed by atoms with Gasteiger partial charge in [-0.1, -0.05) is 30.3 Å². The third-order valence-electron chi connectivity index (χ3n) is 5.32. The number of nitrogens with zero attached hydrogens (tertiary/aromatic N) is 2. The fourth-order valence-corrected chi connectivity index (χ4v) is 3.70. The van der Waals surface area contributed by atoms with Crippen LogP contribution in [-0.2, 0) is 0 Å². The number of benzene rings is 3. The predicted molar refractivity (Wildman–Crippen MR) is 123 cm³/mol. The average molecular weight is 432 g/mol. The largest absolute Gasteiger partial charge is 0.497 e. The molecule has 3 aromatic carbocycles. The zero-order chi connectivity index (χ0) is 22.7. The van der Waals surface area contributed by atoms with E-state index in [0.717, 1.165) is 22.4 Å². The Morgan fingerprint density at radius 2 is 1.88 bits per heavy atom. The fourth-order valence-electron chi connectivity index (χ4n) is 3.70. The van der Waals surface area contributed by atoms with Gasteiger partial charge in [-0.2, -0.15) is 4.39 Å². The molecule has 1 amide bonds. The van der Waals surface area contributed by atoms with Crippen LogP contribution in [0, 0.1) is 5.95 Å². The van der Waals surface area contributed by atoms with Gasteiger partial charge in [0.2, 0.25) is 5.95 Å². The van der Waals surface area contributed by atoms with Crippen LogP contribution in [0.25, 0.3) is 22.0 Å². The number of hydrogen-bond donors (Lipinski definition) is 2. The van der Waals surface area contributed by atoms with E-state index >= 15 is 0 Å². The zero-order valence-corrected chi connectivity index (χ0v) is 18.2. The van der Waals surface area contributed by atoms with Crippen molar-refractivity contribution in [2.24, 2.45) is 0 Å². The lowest BCUT2D eigenvalue weighted by Gasteiger charge is -2.23. The molecule has 0 aliphatic heterocycles. The van der Waals surface area contributed by atoms with Crippen molar-refractivity contribution in [2.45, 2.75) is 6.04 Å². The van der Waals surface area contributed by atoms with Gasteiger partial charge in [0.15, 0.2) is 0 Å². The van der Waals surface area contributed by atoms with E-state index in [0.29, 0.717) is 23.0 Å². The molecule has 0 spiro atoms. The number of fused-ring (bicyclic) bond motifs is 1. The van der Waals surface area contributed by atoms with E-state index < -0.39 is 5.95 Å². The topological polar surface area (TPSA) is 70.2 Å². The van der Waals surface area contributed by atoms with Crippen molar-refractivity contribution in [3.63, 3.8) is 0 Å². The number of amides is 1. The minimum Gasteiger partial charge on any atom is -0.497 e. The van der Waals surface area contributed by atoms with E-state index in [1.165, 1.54) is 0 Å². The number of ether oxygens (including phenoxy) is 1. The van der Waals surface area contributed by atoms with Gasteiger partial charge in [-0.3, -0.25) is 9.89 Å². The molecule has 6 nitrogen and oxygen atoms in total. The fraction of sp³-hybridized carbons (Fsp3) is 0.200. The van der Waals surface area contributed by atoms with Crippen molar-refractivity contribution in [3.8, 4) is 16.9 Å². The van der Waals surface area contributed by atoms with Crippen LogP contribution < -0.4 is 10.1 Å². The highest BCUT2D eigenvalue weighted by atomic mass is 19.1. The van der Waals surface area contributed by atoms with Crippen molar-refractivity contribution in [2.75, 3.05) is 27.7 Å². The molecule has 0 radical (unpaired) electrons. The number of aromatic amines is 1. The molecule has 2 N–H and O–H groups in total. The molecule has 0 aliphatic carbocycles. The first kappa shape index (κ1) is 21.5. The van der Waals surface area contributed by atoms with Gasteiger partial charge in [-0.05, 0) is 67.2 Å². The minimum atomic E-state index is -0.541. The van der Waals surface area contributed by atoms with Crippen molar-refractivity contribution < 1.29 is 13.9 Å². The van der Waals surface area contributed by atoms with E-state index in [4.69, 9.17) is 4.74 Å². The number of carbonyl (C=O) groups excluding carboxylic acids is 1. The average Bonchev–Trinajstić information content (AvgIpc) is 3.18. The molecule has 32 heavy (non-hydrogen) atoms. The molecule has 164 valence electrons. The van der Waals surface area contributed by atoms with Crippen LogP contribution in [0.4, 0.5) is 4.39 Å². The van der Waals surface area contributed by atoms with Crippen LogP contribution in [0.15, 0.2) is 66.7 Å². The molecule has 0 unspecified atom stereocenters. The first-order chi connectivity index (χ1) is 15.4. The molecule has 0 fully saturated rings. The number of methoxy groups -OCH3 is 1. The van der Waals surface area contributed by atoms with Crippen LogP contribution >= 0.6 is 0 Å². The quantitative estimate of drug-likeness (QED) is 0.454. The summed E-state index contributed by atoms with van der Waals surface area (Å²) >= 11 is 0. The Kier molecular flexibility index (Phi) is 6.18. The highest BCUT2D eigenvalue weighted by molar-refractivity contribution is 5.96. The second-order valence-electron chi connectivity index (χ2n) is 7.92. The van der Waals surface area contributed by atoms with Gasteiger partial charge in [0, 0.05) is 12.1 Å². The Morgan fingerprint density at radius 1 is 1.09 bits per heavy atom. The minimum absolute atomic E-state index is 0.183. The summed E-state index contributed by atoms with van der Waals surface area (Å²) in [5, 5.41) is 9.81. The molecule has 1 heterocycles. The number of likely N-dealkylation sites (N-methyl/N-ethyl adjacent to an activating group) is 1. The lowest BCUT2D eigenvalue weighted by molar-refractivity contribution is 0.0930. The molecule has 0 bridgehead atoms. The Hall–Kier alpha value is -3.71. The first-order valence-electron chi connectivity index (χ1n) is 10.3. The number of rotatable bonds is 7. The third-order valence-corrected chi connectivity index (χ3v) is 5.32. The molecular formula is C25H25FN4O2. The van der Waals surface area contributed by atoms with E-state index in [-0.39, 0.29) is 11.9 Å². The second kappa shape index (κ2) is 9.20. The molecule has 0 saturated carbocycles. The normalized spacial score (nSPS) is 12.2. The molecule has 7 heteroatoms. The van der Waals surface area contributed by atoms with Gasteiger partial charge in [0.1, 0.15) is 5.75 Å². The summed E-state index contributed by atoms with van der Waals surface area (Å²) in [6.45, 7) is 0.634. The summed E-state index contributed by atoms with van der Waals surface area (Å²) in [6, 6.07) is 20.2. The highest BCUT2D eigenvalue weighted by Crippen LogP contribution is 2.26. The maximum Gasteiger partial charge on any atom is 0.251 e. The first-order valence-corrected chi connectivity index (χ1v) is 10.3. The SMILES string of the molecule is COc1cccc([C@H](CN(C)C)NC(=O)c2cccc(-c3ccc4[nH]nc(F)c4c3)c2)c1. The molecule has 0 saturated heterocycles. The number of carbonyl (C=O) groups is 1. The van der Waals surface area contributed by atoms with E-state index in [1.54, 1.807) is 25.3 Å². The second-order valence-corrected chi connectivity index (χ2v) is 7.92. The van der Waals surface area contributed by atoms with Crippen LogP contribution in [0.2, 0.25) is 0 Å². The molecular weight excluding hydrogens is 407 g/mol. The number of hydrogen-bond acceptors (Lipinski definition) is 4. The smallest absolute Gasteiger partial charge is 0.251 e. The number of halogens is 1. The Bertz CT molecular complexity index is 1250. The van der Waals surface area contributed by atoms with E-state index in [2.05, 4.69) is 15.5 Å². The zero-order valence-electron chi connectivity index (χ0n) is 18.2. The van der Waals surface area contributed by atoms with Crippen molar-refractivity contribution in [3.05, 3.63) is 83.8 Å². The standard InChI is InChI=1S/C25H25FN4O2/c1-30(2)15-23(18-7-5-9-20(13-18)32-3)27-25(31)19-8-4-6-16(12-19)17-10-11-22-21(14-17)24(26)29-28-22/h4-14,23H,15H2,1-3H3,(H,27,31)(H,28,29)/t23-/m0/s1. The maximum atomic E-state index is 13.9. The summed E-state index contributed by atoms with van der Waals surface area (Å²) in [6.07, 6.45) is 0. The lowest BCUT2D eigenvalue weighted by atomic mass is 10.0. The predicted octanol–water partition coefficient (Wildman–Crippen LogP) is 4.41. The maximum absolute atomic E-state index is 13.9.